The molecule has 6 heteroatoms. The van der Waals surface area contributed by atoms with Crippen LogP contribution >= 0.6 is 0 Å². The summed E-state index contributed by atoms with van der Waals surface area (Å²) >= 11 is 0. The number of aromatic amines is 1. The molecule has 0 aliphatic carbocycles. The number of pyridine rings is 1. The topological polar surface area (TPSA) is 51.3 Å². The van der Waals surface area contributed by atoms with Gasteiger partial charge in [-0.3, -0.25) is 4.90 Å². The molecule has 0 saturated carbocycles. The maximum absolute atomic E-state index is 4.95. The first-order valence-corrected chi connectivity index (χ1v) is 11.8. The van der Waals surface area contributed by atoms with Gasteiger partial charge >= 0.3 is 0 Å². The van der Waals surface area contributed by atoms with E-state index in [-0.39, 0.29) is 0 Å². The Morgan fingerprint density at radius 1 is 0.933 bits per heavy atom. The minimum Gasteiger partial charge on any atom is -0.355 e. The molecular formula is C24H38N6. The summed E-state index contributed by atoms with van der Waals surface area (Å²) in [7, 11) is 0. The number of imidazole rings is 1. The highest BCUT2D eigenvalue weighted by atomic mass is 15.3. The molecule has 0 radical (unpaired) electrons. The van der Waals surface area contributed by atoms with Crippen molar-refractivity contribution in [3.8, 4) is 11.5 Å². The third-order valence-corrected chi connectivity index (χ3v) is 6.77. The van der Waals surface area contributed by atoms with Crippen molar-refractivity contribution >= 4 is 5.82 Å². The maximum atomic E-state index is 4.95. The SMILES string of the molecule is CC(C)c1c[nH]c(-c2cccc(N3CCCN(C4CCN(C(C)C)CC4)CC3)n2)n1. The van der Waals surface area contributed by atoms with Crippen LogP contribution in [0.3, 0.4) is 0 Å². The van der Waals surface area contributed by atoms with Crippen LogP contribution in [0.5, 0.6) is 0 Å². The van der Waals surface area contributed by atoms with Gasteiger partial charge in [0.05, 0.1) is 5.69 Å². The number of nitrogens with one attached hydrogen (secondary N) is 1. The highest BCUT2D eigenvalue weighted by Gasteiger charge is 2.27. The lowest BCUT2D eigenvalue weighted by atomic mass is 10.0. The Balaban J connectivity index is 1.39. The predicted molar refractivity (Wildman–Crippen MR) is 124 cm³/mol. The first-order valence-electron chi connectivity index (χ1n) is 11.8. The van der Waals surface area contributed by atoms with Crippen LogP contribution in [0, 0.1) is 0 Å². The number of nitrogens with zero attached hydrogens (tertiary/aromatic N) is 5. The highest BCUT2D eigenvalue weighted by Crippen LogP contribution is 2.23. The molecule has 6 nitrogen and oxygen atoms in total. The fraction of sp³-hybridized carbons (Fsp3) is 0.667. The van der Waals surface area contributed by atoms with E-state index < -0.39 is 0 Å². The summed E-state index contributed by atoms with van der Waals surface area (Å²) in [6.45, 7) is 15.9. The molecule has 0 atom stereocenters. The summed E-state index contributed by atoms with van der Waals surface area (Å²) in [5.41, 5.74) is 2.02. The van der Waals surface area contributed by atoms with E-state index in [1.54, 1.807) is 0 Å². The van der Waals surface area contributed by atoms with Gasteiger partial charge in [0.1, 0.15) is 11.5 Å². The molecule has 4 rings (SSSR count). The molecule has 4 heterocycles. The molecule has 0 aromatic carbocycles. The maximum Gasteiger partial charge on any atom is 0.156 e. The first kappa shape index (κ1) is 21.3. The number of hydrogen-bond donors (Lipinski definition) is 1. The van der Waals surface area contributed by atoms with Crippen molar-refractivity contribution in [2.45, 2.75) is 65.0 Å². The van der Waals surface area contributed by atoms with E-state index in [0.29, 0.717) is 12.0 Å². The minimum absolute atomic E-state index is 0.419. The summed E-state index contributed by atoms with van der Waals surface area (Å²) in [5, 5.41) is 0. The second kappa shape index (κ2) is 9.48. The van der Waals surface area contributed by atoms with Crippen molar-refractivity contribution in [3.05, 3.63) is 30.1 Å². The molecule has 2 aliphatic rings. The third-order valence-electron chi connectivity index (χ3n) is 6.77. The van der Waals surface area contributed by atoms with Crippen LogP contribution in [0.1, 0.15) is 58.6 Å². The van der Waals surface area contributed by atoms with E-state index in [4.69, 9.17) is 9.97 Å². The second-order valence-corrected chi connectivity index (χ2v) is 9.45. The Hall–Kier alpha value is -1.92. The summed E-state index contributed by atoms with van der Waals surface area (Å²) in [6, 6.07) is 7.73. The van der Waals surface area contributed by atoms with E-state index in [2.05, 4.69) is 65.6 Å². The lowest BCUT2D eigenvalue weighted by Gasteiger charge is -2.39. The van der Waals surface area contributed by atoms with Gasteiger partial charge in [-0.25, -0.2) is 9.97 Å². The average molecular weight is 411 g/mol. The van der Waals surface area contributed by atoms with Crippen LogP contribution < -0.4 is 4.90 Å². The van der Waals surface area contributed by atoms with Crippen molar-refractivity contribution in [1.82, 2.24) is 24.8 Å². The Labute approximate surface area is 181 Å². The first-order chi connectivity index (χ1) is 14.5. The van der Waals surface area contributed by atoms with Gasteiger partial charge in [0, 0.05) is 44.5 Å². The zero-order chi connectivity index (χ0) is 21.1. The van der Waals surface area contributed by atoms with E-state index in [0.717, 1.165) is 48.7 Å². The van der Waals surface area contributed by atoms with E-state index in [1.165, 1.54) is 38.9 Å². The molecular weight excluding hydrogens is 372 g/mol. The fourth-order valence-electron chi connectivity index (χ4n) is 4.79. The standard InChI is InChI=1S/C24H38N6/c1-18(2)22-17-25-24(27-22)21-7-5-8-23(26-21)30-12-6-11-29(15-16-30)20-9-13-28(14-10-20)19(3)4/h5,7-8,17-20H,6,9-16H2,1-4H3,(H,25,27). The average Bonchev–Trinajstić information content (AvgIpc) is 3.13. The molecule has 2 aromatic rings. The molecule has 2 saturated heterocycles. The van der Waals surface area contributed by atoms with Gasteiger partial charge in [0.2, 0.25) is 0 Å². The molecule has 2 fully saturated rings. The number of anilines is 1. The van der Waals surface area contributed by atoms with Crippen LogP contribution in [-0.4, -0.2) is 76.1 Å². The molecule has 30 heavy (non-hydrogen) atoms. The van der Waals surface area contributed by atoms with Gasteiger partial charge in [-0.2, -0.15) is 0 Å². The van der Waals surface area contributed by atoms with Crippen molar-refractivity contribution < 1.29 is 0 Å². The molecule has 0 unspecified atom stereocenters. The molecule has 2 aliphatic heterocycles. The van der Waals surface area contributed by atoms with Crippen LogP contribution in [0.15, 0.2) is 24.4 Å². The zero-order valence-electron chi connectivity index (χ0n) is 19.1. The number of hydrogen-bond acceptors (Lipinski definition) is 5. The summed E-state index contributed by atoms with van der Waals surface area (Å²) in [4.78, 5) is 20.8. The number of piperidine rings is 1. The van der Waals surface area contributed by atoms with Crippen LogP contribution in [0.4, 0.5) is 5.82 Å². The summed E-state index contributed by atoms with van der Waals surface area (Å²) in [6.07, 6.45) is 5.82. The Morgan fingerprint density at radius 3 is 2.43 bits per heavy atom. The van der Waals surface area contributed by atoms with Crippen LogP contribution in [-0.2, 0) is 0 Å². The smallest absolute Gasteiger partial charge is 0.156 e. The molecule has 1 N–H and O–H groups in total. The quantitative estimate of drug-likeness (QED) is 0.808. The normalized spacial score (nSPS) is 20.3. The van der Waals surface area contributed by atoms with Crippen LogP contribution in [0.25, 0.3) is 11.5 Å². The number of likely N-dealkylation sites (tertiary alicyclic amines) is 1. The second-order valence-electron chi connectivity index (χ2n) is 9.45. The minimum atomic E-state index is 0.419. The largest absolute Gasteiger partial charge is 0.355 e. The lowest BCUT2D eigenvalue weighted by Crippen LogP contribution is -2.47. The van der Waals surface area contributed by atoms with Gasteiger partial charge in [-0.15, -0.1) is 0 Å². The summed E-state index contributed by atoms with van der Waals surface area (Å²) < 4.78 is 0. The highest BCUT2D eigenvalue weighted by molar-refractivity contribution is 5.54. The Kier molecular flexibility index (Phi) is 6.74. The van der Waals surface area contributed by atoms with Crippen LogP contribution in [0.2, 0.25) is 0 Å². The predicted octanol–water partition coefficient (Wildman–Crippen LogP) is 3.98. The number of aromatic nitrogens is 3. The Bertz CT molecular complexity index is 806. The molecule has 0 spiro atoms. The molecule has 164 valence electrons. The van der Waals surface area contributed by atoms with Crippen molar-refractivity contribution in [2.24, 2.45) is 0 Å². The van der Waals surface area contributed by atoms with Gasteiger partial charge < -0.3 is 14.8 Å². The zero-order valence-corrected chi connectivity index (χ0v) is 19.1. The van der Waals surface area contributed by atoms with Gasteiger partial charge in [0.25, 0.3) is 0 Å². The Morgan fingerprint density at radius 2 is 1.73 bits per heavy atom. The van der Waals surface area contributed by atoms with Crippen molar-refractivity contribution in [1.29, 1.82) is 0 Å². The van der Waals surface area contributed by atoms with Crippen molar-refractivity contribution in [2.75, 3.05) is 44.2 Å². The fourth-order valence-corrected chi connectivity index (χ4v) is 4.79. The monoisotopic (exact) mass is 410 g/mol. The van der Waals surface area contributed by atoms with Crippen molar-refractivity contribution in [3.63, 3.8) is 0 Å². The van der Waals surface area contributed by atoms with Gasteiger partial charge in [-0.1, -0.05) is 19.9 Å². The lowest BCUT2D eigenvalue weighted by molar-refractivity contribution is 0.0965. The molecule has 0 amide bonds. The van der Waals surface area contributed by atoms with E-state index in [9.17, 15) is 0 Å². The van der Waals surface area contributed by atoms with Gasteiger partial charge in [0.15, 0.2) is 5.82 Å². The number of H-pyrrole nitrogens is 1. The summed E-state index contributed by atoms with van der Waals surface area (Å²) in [5.74, 6) is 2.36. The number of rotatable bonds is 5. The molecule has 2 aromatic heterocycles. The molecule has 0 bridgehead atoms. The van der Waals surface area contributed by atoms with E-state index >= 15 is 0 Å². The van der Waals surface area contributed by atoms with Gasteiger partial charge in [-0.05, 0) is 64.3 Å². The third kappa shape index (κ3) is 4.86. The van der Waals surface area contributed by atoms with E-state index in [1.807, 2.05) is 6.20 Å².